The molecule has 2 rings (SSSR count). The molecular formula is C16H14ClF2N3OS. The smallest absolute Gasteiger partial charge is 0.251 e. The molecule has 0 radical (unpaired) electrons. The van der Waals surface area contributed by atoms with Crippen LogP contribution in [0.1, 0.15) is 10.4 Å². The lowest BCUT2D eigenvalue weighted by atomic mass is 10.2. The summed E-state index contributed by atoms with van der Waals surface area (Å²) in [6.07, 6.45) is 0. The second kappa shape index (κ2) is 8.56. The molecule has 0 aliphatic carbocycles. The zero-order valence-corrected chi connectivity index (χ0v) is 14.0. The van der Waals surface area contributed by atoms with E-state index in [2.05, 4.69) is 16.0 Å². The Balaban J connectivity index is 1.71. The largest absolute Gasteiger partial charge is 0.361 e. The van der Waals surface area contributed by atoms with Gasteiger partial charge in [-0.1, -0.05) is 11.6 Å². The Bertz CT molecular complexity index is 741. The molecule has 1 amide bonds. The van der Waals surface area contributed by atoms with Crippen molar-refractivity contribution in [2.75, 3.05) is 18.4 Å². The first-order valence-electron chi connectivity index (χ1n) is 6.99. The summed E-state index contributed by atoms with van der Waals surface area (Å²) in [4.78, 5) is 11.8. The van der Waals surface area contributed by atoms with Gasteiger partial charge in [0.1, 0.15) is 11.6 Å². The minimum absolute atomic E-state index is 0.00522. The predicted molar refractivity (Wildman–Crippen MR) is 94.4 cm³/mol. The van der Waals surface area contributed by atoms with Gasteiger partial charge in [0.2, 0.25) is 0 Å². The van der Waals surface area contributed by atoms with Crippen LogP contribution in [0.4, 0.5) is 14.5 Å². The van der Waals surface area contributed by atoms with Crippen molar-refractivity contribution in [3.8, 4) is 0 Å². The van der Waals surface area contributed by atoms with Crippen molar-refractivity contribution in [3.05, 3.63) is 64.7 Å². The van der Waals surface area contributed by atoms with Gasteiger partial charge in [0.15, 0.2) is 5.11 Å². The Morgan fingerprint density at radius 3 is 2.38 bits per heavy atom. The van der Waals surface area contributed by atoms with Crippen molar-refractivity contribution >= 4 is 40.5 Å². The van der Waals surface area contributed by atoms with E-state index in [-0.39, 0.29) is 10.9 Å². The molecule has 0 aromatic heterocycles. The topological polar surface area (TPSA) is 53.2 Å². The average Bonchev–Trinajstić information content (AvgIpc) is 2.55. The first-order chi connectivity index (χ1) is 11.5. The maximum atomic E-state index is 13.1. The normalized spacial score (nSPS) is 10.1. The van der Waals surface area contributed by atoms with E-state index < -0.39 is 11.6 Å². The van der Waals surface area contributed by atoms with Crippen LogP contribution in [0.2, 0.25) is 5.02 Å². The number of carbonyl (C=O) groups is 1. The maximum Gasteiger partial charge on any atom is 0.251 e. The fourth-order valence-electron chi connectivity index (χ4n) is 1.80. The fraction of sp³-hybridized carbons (Fsp3) is 0.125. The van der Waals surface area contributed by atoms with Crippen molar-refractivity contribution in [1.82, 2.24) is 10.6 Å². The lowest BCUT2D eigenvalue weighted by Gasteiger charge is -2.11. The van der Waals surface area contributed by atoms with Crippen molar-refractivity contribution in [2.45, 2.75) is 0 Å². The van der Waals surface area contributed by atoms with E-state index in [0.29, 0.717) is 29.5 Å². The summed E-state index contributed by atoms with van der Waals surface area (Å²) in [5, 5.41) is 8.72. The number of thiocarbonyl (C=S) groups is 1. The molecule has 0 saturated heterocycles. The molecule has 8 heteroatoms. The minimum Gasteiger partial charge on any atom is -0.361 e. The standard InChI is InChI=1S/C16H14ClF2N3OS/c17-13-9-12(5-6-14(13)19)22-16(24)21-8-7-20-15(23)10-1-3-11(18)4-2-10/h1-6,9H,7-8H2,(H,20,23)(H2,21,22,24). The highest BCUT2D eigenvalue weighted by Gasteiger charge is 2.05. The van der Waals surface area contributed by atoms with E-state index in [0.717, 1.165) is 0 Å². The Kier molecular flexibility index (Phi) is 6.45. The Hall–Kier alpha value is -2.25. The zero-order valence-electron chi connectivity index (χ0n) is 12.4. The van der Waals surface area contributed by atoms with Crippen LogP contribution in [0, 0.1) is 11.6 Å². The lowest BCUT2D eigenvalue weighted by Crippen LogP contribution is -2.36. The van der Waals surface area contributed by atoms with Gasteiger partial charge in [0.25, 0.3) is 5.91 Å². The first-order valence-corrected chi connectivity index (χ1v) is 7.78. The molecule has 0 aliphatic heterocycles. The van der Waals surface area contributed by atoms with Crippen molar-refractivity contribution < 1.29 is 13.6 Å². The number of hydrogen-bond donors (Lipinski definition) is 3. The number of anilines is 1. The van der Waals surface area contributed by atoms with Crippen LogP contribution in [0.15, 0.2) is 42.5 Å². The molecule has 0 fully saturated rings. The van der Waals surface area contributed by atoms with Gasteiger partial charge in [-0.2, -0.15) is 0 Å². The highest BCUT2D eigenvalue weighted by atomic mass is 35.5. The maximum absolute atomic E-state index is 13.1. The molecule has 0 unspecified atom stereocenters. The predicted octanol–water partition coefficient (Wildman–Crippen LogP) is 3.33. The molecule has 24 heavy (non-hydrogen) atoms. The zero-order chi connectivity index (χ0) is 17.5. The number of benzene rings is 2. The molecule has 0 saturated carbocycles. The van der Waals surface area contributed by atoms with Crippen molar-refractivity contribution in [1.29, 1.82) is 0 Å². The third-order valence-electron chi connectivity index (χ3n) is 2.98. The van der Waals surface area contributed by atoms with E-state index in [4.69, 9.17) is 23.8 Å². The van der Waals surface area contributed by atoms with E-state index in [9.17, 15) is 13.6 Å². The number of carbonyl (C=O) groups excluding carboxylic acids is 1. The first kappa shape index (κ1) is 18.1. The number of hydrogen-bond acceptors (Lipinski definition) is 2. The van der Waals surface area contributed by atoms with Crippen LogP contribution >= 0.6 is 23.8 Å². The second-order valence-corrected chi connectivity index (χ2v) is 5.59. The quantitative estimate of drug-likeness (QED) is 0.559. The minimum atomic E-state index is -0.510. The summed E-state index contributed by atoms with van der Waals surface area (Å²) < 4.78 is 25.8. The SMILES string of the molecule is O=C(NCCNC(=S)Nc1ccc(F)c(Cl)c1)c1ccc(F)cc1. The van der Waals surface area contributed by atoms with E-state index in [1.165, 1.54) is 42.5 Å². The third-order valence-corrected chi connectivity index (χ3v) is 3.52. The summed E-state index contributed by atoms with van der Waals surface area (Å²) in [6.45, 7) is 0.704. The molecule has 0 heterocycles. The van der Waals surface area contributed by atoms with Gasteiger partial charge >= 0.3 is 0 Å². The van der Waals surface area contributed by atoms with Crippen molar-refractivity contribution in [2.24, 2.45) is 0 Å². The van der Waals surface area contributed by atoms with Gasteiger partial charge in [0, 0.05) is 24.3 Å². The summed E-state index contributed by atoms with van der Waals surface area (Å²) in [5.74, 6) is -1.21. The average molecular weight is 370 g/mol. The molecule has 0 spiro atoms. The van der Waals surface area contributed by atoms with Gasteiger partial charge in [-0.3, -0.25) is 4.79 Å². The molecular weight excluding hydrogens is 356 g/mol. The van der Waals surface area contributed by atoms with E-state index in [1.54, 1.807) is 0 Å². The third kappa shape index (κ3) is 5.43. The molecule has 0 bridgehead atoms. The summed E-state index contributed by atoms with van der Waals surface area (Å²) >= 11 is 10.8. The van der Waals surface area contributed by atoms with Gasteiger partial charge < -0.3 is 16.0 Å². The van der Waals surface area contributed by atoms with Crippen LogP contribution in [0.25, 0.3) is 0 Å². The Morgan fingerprint density at radius 2 is 1.71 bits per heavy atom. The van der Waals surface area contributed by atoms with E-state index >= 15 is 0 Å². The molecule has 0 aliphatic rings. The number of rotatable bonds is 5. The summed E-state index contributed by atoms with van der Waals surface area (Å²) in [7, 11) is 0. The number of nitrogens with one attached hydrogen (secondary N) is 3. The lowest BCUT2D eigenvalue weighted by molar-refractivity contribution is 0.0954. The van der Waals surface area contributed by atoms with Crippen LogP contribution < -0.4 is 16.0 Å². The molecule has 126 valence electrons. The van der Waals surface area contributed by atoms with Gasteiger partial charge in [-0.15, -0.1) is 0 Å². The van der Waals surface area contributed by atoms with Crippen molar-refractivity contribution in [3.63, 3.8) is 0 Å². The second-order valence-electron chi connectivity index (χ2n) is 4.77. The van der Waals surface area contributed by atoms with Gasteiger partial charge in [-0.05, 0) is 54.7 Å². The van der Waals surface area contributed by atoms with Gasteiger partial charge in [0.05, 0.1) is 5.02 Å². The monoisotopic (exact) mass is 369 g/mol. The van der Waals surface area contributed by atoms with Crippen LogP contribution in [-0.4, -0.2) is 24.1 Å². The Labute approximate surface area is 148 Å². The summed E-state index contributed by atoms with van der Waals surface area (Å²) in [6, 6.07) is 9.41. The molecule has 2 aromatic rings. The highest BCUT2D eigenvalue weighted by molar-refractivity contribution is 7.80. The fourth-order valence-corrected chi connectivity index (χ4v) is 2.21. The molecule has 0 atom stereocenters. The number of amides is 1. The molecule has 4 nitrogen and oxygen atoms in total. The highest BCUT2D eigenvalue weighted by Crippen LogP contribution is 2.19. The van der Waals surface area contributed by atoms with Gasteiger partial charge in [-0.25, -0.2) is 8.78 Å². The van der Waals surface area contributed by atoms with Crippen LogP contribution in [0.3, 0.4) is 0 Å². The molecule has 2 aromatic carbocycles. The summed E-state index contributed by atoms with van der Waals surface area (Å²) in [5.41, 5.74) is 0.923. The van der Waals surface area contributed by atoms with Crippen LogP contribution in [-0.2, 0) is 0 Å². The molecule has 3 N–H and O–H groups in total. The Morgan fingerprint density at radius 1 is 1.04 bits per heavy atom. The number of halogens is 3. The van der Waals surface area contributed by atoms with Crippen LogP contribution in [0.5, 0.6) is 0 Å². The van der Waals surface area contributed by atoms with E-state index in [1.807, 2.05) is 0 Å².